The molecule has 0 unspecified atom stereocenters. The van der Waals surface area contributed by atoms with Gasteiger partial charge in [0.05, 0.1) is 0 Å². The summed E-state index contributed by atoms with van der Waals surface area (Å²) in [5.74, 6) is 0.671. The number of benzene rings is 1. The number of anilines is 1. The van der Waals surface area contributed by atoms with Gasteiger partial charge in [0.2, 0.25) is 0 Å². The standard InChI is InChI=1S/C17H19FN4O/c18-15-6-4-14(5-7-15)13-20-17(23)22-11-9-21(10-12-22)16-3-1-2-8-19-16/h1-8H,9-13H2,(H,20,23). The van der Waals surface area contributed by atoms with Crippen LogP contribution in [0.15, 0.2) is 48.7 Å². The van der Waals surface area contributed by atoms with E-state index >= 15 is 0 Å². The summed E-state index contributed by atoms with van der Waals surface area (Å²) in [4.78, 5) is 20.5. The minimum absolute atomic E-state index is 0.0880. The molecule has 2 heterocycles. The highest BCUT2D eigenvalue weighted by molar-refractivity contribution is 5.74. The first-order valence-electron chi connectivity index (χ1n) is 7.65. The molecule has 6 heteroatoms. The molecule has 1 aliphatic heterocycles. The highest BCUT2D eigenvalue weighted by Crippen LogP contribution is 2.12. The fraction of sp³-hybridized carbons (Fsp3) is 0.294. The van der Waals surface area contributed by atoms with Crippen molar-refractivity contribution in [2.45, 2.75) is 6.54 Å². The lowest BCUT2D eigenvalue weighted by atomic mass is 10.2. The van der Waals surface area contributed by atoms with Crippen molar-refractivity contribution in [3.8, 4) is 0 Å². The quantitative estimate of drug-likeness (QED) is 0.945. The van der Waals surface area contributed by atoms with Crippen LogP contribution < -0.4 is 10.2 Å². The molecule has 5 nitrogen and oxygen atoms in total. The third-order valence-electron chi connectivity index (χ3n) is 3.90. The number of aromatic nitrogens is 1. The number of pyridine rings is 1. The maximum atomic E-state index is 12.8. The Morgan fingerprint density at radius 3 is 2.48 bits per heavy atom. The molecule has 1 N–H and O–H groups in total. The number of halogens is 1. The third kappa shape index (κ3) is 3.97. The topological polar surface area (TPSA) is 48.5 Å². The lowest BCUT2D eigenvalue weighted by Gasteiger charge is -2.35. The molecule has 1 aromatic heterocycles. The Morgan fingerprint density at radius 1 is 1.09 bits per heavy atom. The van der Waals surface area contributed by atoms with Crippen LogP contribution in [0.3, 0.4) is 0 Å². The number of nitrogens with one attached hydrogen (secondary N) is 1. The molecule has 1 fully saturated rings. The van der Waals surface area contributed by atoms with Gasteiger partial charge in [-0.2, -0.15) is 0 Å². The highest BCUT2D eigenvalue weighted by Gasteiger charge is 2.21. The van der Waals surface area contributed by atoms with E-state index in [2.05, 4.69) is 15.2 Å². The number of hydrogen-bond donors (Lipinski definition) is 1. The van der Waals surface area contributed by atoms with Gasteiger partial charge in [0.25, 0.3) is 0 Å². The molecule has 23 heavy (non-hydrogen) atoms. The van der Waals surface area contributed by atoms with E-state index in [9.17, 15) is 9.18 Å². The molecule has 2 amide bonds. The summed E-state index contributed by atoms with van der Waals surface area (Å²) in [5.41, 5.74) is 0.881. The highest BCUT2D eigenvalue weighted by atomic mass is 19.1. The van der Waals surface area contributed by atoms with Gasteiger partial charge in [0.1, 0.15) is 11.6 Å². The zero-order valence-electron chi connectivity index (χ0n) is 12.8. The monoisotopic (exact) mass is 314 g/mol. The van der Waals surface area contributed by atoms with Crippen LogP contribution in [-0.4, -0.2) is 42.1 Å². The van der Waals surface area contributed by atoms with E-state index in [1.807, 2.05) is 18.2 Å². The van der Waals surface area contributed by atoms with E-state index in [-0.39, 0.29) is 11.8 Å². The van der Waals surface area contributed by atoms with Gasteiger partial charge in [-0.25, -0.2) is 14.2 Å². The van der Waals surface area contributed by atoms with Gasteiger partial charge < -0.3 is 15.1 Å². The lowest BCUT2D eigenvalue weighted by Crippen LogP contribution is -2.51. The molecular formula is C17H19FN4O. The molecule has 0 saturated carbocycles. The summed E-state index contributed by atoms with van der Waals surface area (Å²) in [6.45, 7) is 3.25. The zero-order chi connectivity index (χ0) is 16.1. The normalized spacial score (nSPS) is 14.7. The first-order valence-corrected chi connectivity index (χ1v) is 7.65. The van der Waals surface area contributed by atoms with Crippen molar-refractivity contribution in [2.75, 3.05) is 31.1 Å². The Morgan fingerprint density at radius 2 is 1.83 bits per heavy atom. The van der Waals surface area contributed by atoms with Gasteiger partial charge in [-0.1, -0.05) is 18.2 Å². The number of urea groups is 1. The van der Waals surface area contributed by atoms with Crippen molar-refractivity contribution >= 4 is 11.8 Å². The fourth-order valence-corrected chi connectivity index (χ4v) is 2.57. The first kappa shape index (κ1) is 15.3. The van der Waals surface area contributed by atoms with Crippen LogP contribution in [0.25, 0.3) is 0 Å². The van der Waals surface area contributed by atoms with Crippen LogP contribution in [0.4, 0.5) is 15.0 Å². The maximum Gasteiger partial charge on any atom is 0.317 e. The molecule has 2 aromatic rings. The van der Waals surface area contributed by atoms with Crippen LogP contribution >= 0.6 is 0 Å². The predicted octanol–water partition coefficient (Wildman–Crippen LogP) is 2.25. The third-order valence-corrected chi connectivity index (χ3v) is 3.90. The summed E-state index contributed by atoms with van der Waals surface area (Å²) in [7, 11) is 0. The van der Waals surface area contributed by atoms with Crippen LogP contribution in [0.2, 0.25) is 0 Å². The van der Waals surface area contributed by atoms with Gasteiger partial charge in [-0.15, -0.1) is 0 Å². The molecule has 1 aliphatic rings. The van der Waals surface area contributed by atoms with Crippen LogP contribution in [0.1, 0.15) is 5.56 Å². The van der Waals surface area contributed by atoms with Crippen molar-refractivity contribution in [2.24, 2.45) is 0 Å². The molecule has 120 valence electrons. The Labute approximate surface area is 134 Å². The van der Waals surface area contributed by atoms with E-state index in [4.69, 9.17) is 0 Å². The molecule has 0 spiro atoms. The van der Waals surface area contributed by atoms with Crippen molar-refractivity contribution in [1.29, 1.82) is 0 Å². The second-order valence-corrected chi connectivity index (χ2v) is 5.45. The van der Waals surface area contributed by atoms with Gasteiger partial charge in [0, 0.05) is 38.9 Å². The van der Waals surface area contributed by atoms with E-state index in [0.29, 0.717) is 19.6 Å². The molecule has 1 aromatic carbocycles. The Kier molecular flexibility index (Phi) is 4.71. The SMILES string of the molecule is O=C(NCc1ccc(F)cc1)N1CCN(c2ccccn2)CC1. The Bertz CT molecular complexity index is 639. The number of carbonyl (C=O) groups excluding carboxylic acids is 1. The molecule has 1 saturated heterocycles. The first-order chi connectivity index (χ1) is 11.2. The van der Waals surface area contributed by atoms with Crippen molar-refractivity contribution < 1.29 is 9.18 Å². The van der Waals surface area contributed by atoms with Crippen LogP contribution in [0, 0.1) is 5.82 Å². The van der Waals surface area contributed by atoms with E-state index in [1.165, 1.54) is 12.1 Å². The lowest BCUT2D eigenvalue weighted by molar-refractivity contribution is 0.194. The molecular weight excluding hydrogens is 295 g/mol. The Balaban J connectivity index is 1.47. The molecule has 0 atom stereocenters. The smallest absolute Gasteiger partial charge is 0.317 e. The zero-order valence-corrected chi connectivity index (χ0v) is 12.8. The number of piperazine rings is 1. The van der Waals surface area contributed by atoms with E-state index < -0.39 is 0 Å². The van der Waals surface area contributed by atoms with Gasteiger partial charge >= 0.3 is 6.03 Å². The minimum Gasteiger partial charge on any atom is -0.353 e. The van der Waals surface area contributed by atoms with Crippen molar-refractivity contribution in [3.05, 3.63) is 60.0 Å². The van der Waals surface area contributed by atoms with Crippen molar-refractivity contribution in [1.82, 2.24) is 15.2 Å². The second-order valence-electron chi connectivity index (χ2n) is 5.45. The second kappa shape index (κ2) is 7.09. The van der Waals surface area contributed by atoms with Gasteiger partial charge in [-0.05, 0) is 29.8 Å². The Hall–Kier alpha value is -2.63. The average molecular weight is 314 g/mol. The number of hydrogen-bond acceptors (Lipinski definition) is 3. The summed E-state index contributed by atoms with van der Waals surface area (Å²) in [5, 5.41) is 2.87. The van der Waals surface area contributed by atoms with Gasteiger partial charge in [0.15, 0.2) is 0 Å². The maximum absolute atomic E-state index is 12.8. The van der Waals surface area contributed by atoms with Crippen LogP contribution in [-0.2, 0) is 6.54 Å². The summed E-state index contributed by atoms with van der Waals surface area (Å²) in [6.07, 6.45) is 1.77. The predicted molar refractivity (Wildman–Crippen MR) is 86.7 cm³/mol. The number of carbonyl (C=O) groups is 1. The van der Waals surface area contributed by atoms with Crippen molar-refractivity contribution in [3.63, 3.8) is 0 Å². The van der Waals surface area contributed by atoms with E-state index in [0.717, 1.165) is 24.5 Å². The molecule has 0 aliphatic carbocycles. The summed E-state index contributed by atoms with van der Waals surface area (Å²) < 4.78 is 12.8. The molecule has 3 rings (SSSR count). The molecule has 0 radical (unpaired) electrons. The summed E-state index contributed by atoms with van der Waals surface area (Å²) in [6, 6.07) is 11.9. The largest absolute Gasteiger partial charge is 0.353 e. The number of amides is 2. The van der Waals surface area contributed by atoms with E-state index in [1.54, 1.807) is 23.2 Å². The number of nitrogens with zero attached hydrogens (tertiary/aromatic N) is 3. The average Bonchev–Trinajstić information content (AvgIpc) is 2.62. The molecule has 0 bridgehead atoms. The van der Waals surface area contributed by atoms with Crippen LogP contribution in [0.5, 0.6) is 0 Å². The minimum atomic E-state index is -0.272. The fourth-order valence-electron chi connectivity index (χ4n) is 2.57. The number of rotatable bonds is 3. The summed E-state index contributed by atoms with van der Waals surface area (Å²) >= 11 is 0. The van der Waals surface area contributed by atoms with Gasteiger partial charge in [-0.3, -0.25) is 0 Å².